The summed E-state index contributed by atoms with van der Waals surface area (Å²) in [5.41, 5.74) is 6.77. The van der Waals surface area contributed by atoms with E-state index in [4.69, 9.17) is 17.3 Å². The van der Waals surface area contributed by atoms with E-state index in [0.29, 0.717) is 10.8 Å². The third-order valence-electron chi connectivity index (χ3n) is 2.59. The molecule has 0 bridgehead atoms. The molecule has 18 heavy (non-hydrogen) atoms. The zero-order valence-electron chi connectivity index (χ0n) is 10.0. The van der Waals surface area contributed by atoms with Gasteiger partial charge in [-0.3, -0.25) is 4.98 Å². The first kappa shape index (κ1) is 12.6. The molecule has 94 valence electrons. The minimum atomic E-state index is 0.227. The van der Waals surface area contributed by atoms with Gasteiger partial charge in [0.05, 0.1) is 6.20 Å². The molecule has 2 aromatic rings. The molecule has 0 spiro atoms. The highest BCUT2D eigenvalue weighted by Crippen LogP contribution is 2.21. The Labute approximate surface area is 111 Å². The van der Waals surface area contributed by atoms with Gasteiger partial charge in [-0.25, -0.2) is 4.98 Å². The van der Waals surface area contributed by atoms with E-state index in [1.54, 1.807) is 12.4 Å². The zero-order valence-corrected chi connectivity index (χ0v) is 10.8. The minimum Gasteiger partial charge on any atom is -0.368 e. The molecular formula is C12H14ClN5. The number of hydrogen-bond acceptors (Lipinski definition) is 5. The Balaban J connectivity index is 2.03. The predicted octanol–water partition coefficient (Wildman–Crippen LogP) is 1.79. The maximum atomic E-state index is 6.04. The molecule has 2 rings (SSSR count). The first-order valence-corrected chi connectivity index (χ1v) is 5.92. The van der Waals surface area contributed by atoms with E-state index >= 15 is 0 Å². The lowest BCUT2D eigenvalue weighted by atomic mass is 10.2. The van der Waals surface area contributed by atoms with Gasteiger partial charge in [-0.05, 0) is 24.1 Å². The van der Waals surface area contributed by atoms with Gasteiger partial charge in [0.25, 0.3) is 0 Å². The number of rotatable bonds is 4. The van der Waals surface area contributed by atoms with E-state index in [1.807, 2.05) is 24.1 Å². The summed E-state index contributed by atoms with van der Waals surface area (Å²) in [6, 6.07) is 3.98. The molecule has 2 heterocycles. The van der Waals surface area contributed by atoms with Crippen molar-refractivity contribution in [3.8, 4) is 0 Å². The van der Waals surface area contributed by atoms with Gasteiger partial charge in [0.2, 0.25) is 5.95 Å². The van der Waals surface area contributed by atoms with Crippen LogP contribution in [0.2, 0.25) is 5.02 Å². The number of anilines is 2. The fourth-order valence-electron chi connectivity index (χ4n) is 1.59. The molecule has 0 fully saturated rings. The van der Waals surface area contributed by atoms with E-state index < -0.39 is 0 Å². The van der Waals surface area contributed by atoms with Gasteiger partial charge in [0.1, 0.15) is 5.02 Å². The Morgan fingerprint density at radius 3 is 2.78 bits per heavy atom. The van der Waals surface area contributed by atoms with Crippen LogP contribution < -0.4 is 10.6 Å². The molecule has 0 aliphatic carbocycles. The second-order valence-corrected chi connectivity index (χ2v) is 4.33. The van der Waals surface area contributed by atoms with Crippen molar-refractivity contribution < 1.29 is 0 Å². The van der Waals surface area contributed by atoms with E-state index in [0.717, 1.165) is 13.0 Å². The summed E-state index contributed by atoms with van der Waals surface area (Å²) in [5, 5.41) is 0.501. The molecule has 0 aliphatic rings. The van der Waals surface area contributed by atoms with Gasteiger partial charge < -0.3 is 10.6 Å². The van der Waals surface area contributed by atoms with Gasteiger partial charge in [-0.15, -0.1) is 0 Å². The fourth-order valence-corrected chi connectivity index (χ4v) is 1.83. The average Bonchev–Trinajstić information content (AvgIpc) is 2.40. The Kier molecular flexibility index (Phi) is 3.94. The molecule has 0 unspecified atom stereocenters. The van der Waals surface area contributed by atoms with Gasteiger partial charge in [-0.1, -0.05) is 11.6 Å². The van der Waals surface area contributed by atoms with Crippen molar-refractivity contribution in [1.29, 1.82) is 0 Å². The van der Waals surface area contributed by atoms with Crippen molar-refractivity contribution in [2.24, 2.45) is 0 Å². The number of nitrogen functional groups attached to an aromatic ring is 1. The van der Waals surface area contributed by atoms with Crippen LogP contribution in [-0.4, -0.2) is 28.5 Å². The van der Waals surface area contributed by atoms with Gasteiger partial charge in [-0.2, -0.15) is 4.98 Å². The first-order valence-electron chi connectivity index (χ1n) is 5.55. The first-order chi connectivity index (χ1) is 8.66. The van der Waals surface area contributed by atoms with Crippen molar-refractivity contribution >= 4 is 23.4 Å². The number of nitrogens with zero attached hydrogens (tertiary/aromatic N) is 4. The molecule has 0 aromatic carbocycles. The third-order valence-corrected chi connectivity index (χ3v) is 2.86. The lowest BCUT2D eigenvalue weighted by Gasteiger charge is -2.19. The van der Waals surface area contributed by atoms with Crippen molar-refractivity contribution in [2.75, 3.05) is 24.2 Å². The molecule has 2 aromatic heterocycles. The highest BCUT2D eigenvalue weighted by atomic mass is 35.5. The molecule has 5 nitrogen and oxygen atoms in total. The number of halogens is 1. The van der Waals surface area contributed by atoms with Crippen molar-refractivity contribution in [3.05, 3.63) is 41.3 Å². The summed E-state index contributed by atoms with van der Waals surface area (Å²) < 4.78 is 0. The average molecular weight is 264 g/mol. The molecular weight excluding hydrogens is 250 g/mol. The molecule has 0 saturated heterocycles. The topological polar surface area (TPSA) is 67.9 Å². The number of pyridine rings is 1. The zero-order chi connectivity index (χ0) is 13.0. The summed E-state index contributed by atoms with van der Waals surface area (Å²) in [7, 11) is 1.93. The Bertz CT molecular complexity index is 517. The Morgan fingerprint density at radius 2 is 2.06 bits per heavy atom. The third kappa shape index (κ3) is 3.07. The summed E-state index contributed by atoms with van der Waals surface area (Å²) >= 11 is 6.04. The molecule has 2 N–H and O–H groups in total. The second-order valence-electron chi connectivity index (χ2n) is 3.93. The van der Waals surface area contributed by atoms with Crippen LogP contribution in [0, 0.1) is 0 Å². The van der Waals surface area contributed by atoms with Crippen molar-refractivity contribution in [3.63, 3.8) is 0 Å². The van der Waals surface area contributed by atoms with Crippen LogP contribution in [0.5, 0.6) is 0 Å². The SMILES string of the molecule is CN(CCc1ccncc1)c1nc(N)ncc1Cl. The largest absolute Gasteiger partial charge is 0.368 e. The summed E-state index contributed by atoms with van der Waals surface area (Å²) in [4.78, 5) is 13.9. The van der Waals surface area contributed by atoms with Gasteiger partial charge in [0.15, 0.2) is 5.82 Å². The van der Waals surface area contributed by atoms with Crippen molar-refractivity contribution in [2.45, 2.75) is 6.42 Å². The monoisotopic (exact) mass is 263 g/mol. The molecule has 0 atom stereocenters. The fraction of sp³-hybridized carbons (Fsp3) is 0.250. The number of likely N-dealkylation sites (N-methyl/N-ethyl adjacent to an activating group) is 1. The minimum absolute atomic E-state index is 0.227. The molecule has 0 amide bonds. The van der Waals surface area contributed by atoms with Crippen LogP contribution in [-0.2, 0) is 6.42 Å². The van der Waals surface area contributed by atoms with Crippen LogP contribution in [0.1, 0.15) is 5.56 Å². The predicted molar refractivity (Wildman–Crippen MR) is 72.7 cm³/mol. The Morgan fingerprint density at radius 1 is 1.33 bits per heavy atom. The van der Waals surface area contributed by atoms with Crippen LogP contribution in [0.15, 0.2) is 30.7 Å². The van der Waals surface area contributed by atoms with E-state index in [-0.39, 0.29) is 5.95 Å². The smallest absolute Gasteiger partial charge is 0.222 e. The lowest BCUT2D eigenvalue weighted by Crippen LogP contribution is -2.22. The van der Waals surface area contributed by atoms with Gasteiger partial charge in [0, 0.05) is 26.0 Å². The second kappa shape index (κ2) is 5.64. The summed E-state index contributed by atoms with van der Waals surface area (Å²) in [5.74, 6) is 0.878. The molecule has 6 heteroatoms. The van der Waals surface area contributed by atoms with E-state index in [2.05, 4.69) is 15.0 Å². The highest BCUT2D eigenvalue weighted by Gasteiger charge is 2.09. The van der Waals surface area contributed by atoms with Crippen LogP contribution in [0.4, 0.5) is 11.8 Å². The maximum absolute atomic E-state index is 6.04. The van der Waals surface area contributed by atoms with Crippen molar-refractivity contribution in [1.82, 2.24) is 15.0 Å². The van der Waals surface area contributed by atoms with E-state index in [1.165, 1.54) is 11.8 Å². The number of hydrogen-bond donors (Lipinski definition) is 1. The quantitative estimate of drug-likeness (QED) is 0.911. The maximum Gasteiger partial charge on any atom is 0.222 e. The molecule has 0 saturated carbocycles. The lowest BCUT2D eigenvalue weighted by molar-refractivity contribution is 0.856. The summed E-state index contributed by atoms with van der Waals surface area (Å²) in [6.45, 7) is 0.792. The van der Waals surface area contributed by atoms with Gasteiger partial charge >= 0.3 is 0 Å². The normalized spacial score (nSPS) is 10.3. The number of nitrogens with two attached hydrogens (primary N) is 1. The number of aromatic nitrogens is 3. The van der Waals surface area contributed by atoms with Crippen LogP contribution in [0.3, 0.4) is 0 Å². The standard InChI is InChI=1S/C12H14ClN5/c1-18(7-4-9-2-5-15-6-3-9)11-10(13)8-16-12(14)17-11/h2-3,5-6,8H,4,7H2,1H3,(H2,14,16,17). The Hall–Kier alpha value is -1.88. The van der Waals surface area contributed by atoms with E-state index in [9.17, 15) is 0 Å². The summed E-state index contributed by atoms with van der Waals surface area (Å²) in [6.07, 6.45) is 5.97. The van der Waals surface area contributed by atoms with Crippen LogP contribution in [0.25, 0.3) is 0 Å². The highest BCUT2D eigenvalue weighted by molar-refractivity contribution is 6.32. The van der Waals surface area contributed by atoms with Crippen LogP contribution >= 0.6 is 11.6 Å². The molecule has 0 radical (unpaired) electrons. The molecule has 0 aliphatic heterocycles.